The largest absolute Gasteiger partial charge is 0.425 e. The number of benzene rings is 1. The Morgan fingerprint density at radius 2 is 2.21 bits per heavy atom. The molecular formula is C10H8ClNO2. The van der Waals surface area contributed by atoms with Crippen LogP contribution < -0.4 is 4.74 Å². The predicted octanol–water partition coefficient (Wildman–Crippen LogP) is 2.75. The van der Waals surface area contributed by atoms with Gasteiger partial charge in [0.25, 0.3) is 0 Å². The number of hydrogen-bond acceptors (Lipinski definition) is 2. The van der Waals surface area contributed by atoms with Crippen molar-refractivity contribution in [1.82, 2.24) is 4.98 Å². The van der Waals surface area contributed by atoms with E-state index in [2.05, 4.69) is 4.98 Å². The molecule has 0 atom stereocenters. The van der Waals surface area contributed by atoms with Gasteiger partial charge in [0, 0.05) is 24.0 Å². The first-order chi connectivity index (χ1) is 6.68. The zero-order valence-corrected chi connectivity index (χ0v) is 8.26. The summed E-state index contributed by atoms with van der Waals surface area (Å²) in [6.07, 6.45) is 1.79. The fourth-order valence-corrected chi connectivity index (χ4v) is 1.58. The number of carbonyl (C=O) groups is 1. The number of aromatic nitrogens is 1. The number of aromatic amines is 1. The van der Waals surface area contributed by atoms with Crippen molar-refractivity contribution in [2.75, 3.05) is 0 Å². The van der Waals surface area contributed by atoms with Crippen LogP contribution >= 0.6 is 11.6 Å². The number of ether oxygens (including phenoxy) is 1. The first kappa shape index (κ1) is 9.09. The Balaban J connectivity index is 2.56. The van der Waals surface area contributed by atoms with Gasteiger partial charge in [0.2, 0.25) is 0 Å². The lowest BCUT2D eigenvalue weighted by atomic mass is 10.2. The van der Waals surface area contributed by atoms with E-state index in [1.807, 2.05) is 12.1 Å². The Labute approximate surface area is 85.6 Å². The highest BCUT2D eigenvalue weighted by atomic mass is 35.5. The number of nitrogens with one attached hydrogen (secondary N) is 1. The highest BCUT2D eigenvalue weighted by Crippen LogP contribution is 2.32. The van der Waals surface area contributed by atoms with Gasteiger partial charge in [0.05, 0.1) is 5.02 Å². The highest BCUT2D eigenvalue weighted by molar-refractivity contribution is 6.37. The Kier molecular flexibility index (Phi) is 2.17. The van der Waals surface area contributed by atoms with Crippen LogP contribution in [0.4, 0.5) is 0 Å². The summed E-state index contributed by atoms with van der Waals surface area (Å²) in [4.78, 5) is 13.8. The quantitative estimate of drug-likeness (QED) is 0.580. The summed E-state index contributed by atoms with van der Waals surface area (Å²) < 4.78 is 4.94. The summed E-state index contributed by atoms with van der Waals surface area (Å²) in [5.41, 5.74) is 0.922. The molecule has 0 amide bonds. The maximum atomic E-state index is 10.8. The SMILES string of the molecule is CC(=O)Oc1ccc2[nH]ccc2c1Cl. The molecule has 0 unspecified atom stereocenters. The maximum absolute atomic E-state index is 10.8. The molecule has 4 heteroatoms. The summed E-state index contributed by atoms with van der Waals surface area (Å²) in [6, 6.07) is 5.33. The van der Waals surface area contributed by atoms with Crippen LogP contribution in [0.3, 0.4) is 0 Å². The minimum absolute atomic E-state index is 0.373. The van der Waals surface area contributed by atoms with Gasteiger partial charge in [-0.1, -0.05) is 11.6 Å². The highest BCUT2D eigenvalue weighted by Gasteiger charge is 2.08. The van der Waals surface area contributed by atoms with Crippen LogP contribution in [0, 0.1) is 0 Å². The van der Waals surface area contributed by atoms with Gasteiger partial charge in [-0.05, 0) is 18.2 Å². The van der Waals surface area contributed by atoms with Crippen LogP contribution in [0.5, 0.6) is 5.75 Å². The van der Waals surface area contributed by atoms with Crippen LogP contribution in [0.1, 0.15) is 6.92 Å². The summed E-state index contributed by atoms with van der Waals surface area (Å²) in [7, 11) is 0. The van der Waals surface area contributed by atoms with E-state index in [9.17, 15) is 4.79 Å². The fraction of sp³-hybridized carbons (Fsp3) is 0.100. The number of carbonyl (C=O) groups excluding carboxylic acids is 1. The molecule has 1 aromatic carbocycles. The molecule has 0 saturated carbocycles. The number of fused-ring (bicyclic) bond motifs is 1. The summed E-state index contributed by atoms with van der Waals surface area (Å²) in [6.45, 7) is 1.34. The molecule has 2 aromatic rings. The number of halogens is 1. The molecule has 0 radical (unpaired) electrons. The lowest BCUT2D eigenvalue weighted by Crippen LogP contribution is -2.01. The molecule has 0 spiro atoms. The van der Waals surface area contributed by atoms with E-state index in [1.165, 1.54) is 6.92 Å². The molecule has 0 fully saturated rings. The van der Waals surface area contributed by atoms with E-state index in [4.69, 9.17) is 16.3 Å². The lowest BCUT2D eigenvalue weighted by molar-refractivity contribution is -0.131. The van der Waals surface area contributed by atoms with Crippen LogP contribution in [0.15, 0.2) is 24.4 Å². The Bertz CT molecular complexity index is 490. The van der Waals surface area contributed by atoms with E-state index in [0.29, 0.717) is 10.8 Å². The van der Waals surface area contributed by atoms with Crippen LogP contribution in [0.2, 0.25) is 5.02 Å². The van der Waals surface area contributed by atoms with Crippen molar-refractivity contribution in [3.8, 4) is 5.75 Å². The standard InChI is InChI=1S/C10H8ClNO2/c1-6(13)14-9-3-2-8-7(10(9)11)4-5-12-8/h2-5,12H,1H3. The van der Waals surface area contributed by atoms with Gasteiger partial charge in [0.15, 0.2) is 0 Å². The van der Waals surface area contributed by atoms with E-state index in [0.717, 1.165) is 10.9 Å². The van der Waals surface area contributed by atoms with Crippen molar-refractivity contribution < 1.29 is 9.53 Å². The minimum Gasteiger partial charge on any atom is -0.425 e. The molecule has 1 heterocycles. The van der Waals surface area contributed by atoms with Gasteiger partial charge in [-0.15, -0.1) is 0 Å². The van der Waals surface area contributed by atoms with Gasteiger partial charge in [-0.25, -0.2) is 0 Å². The molecule has 14 heavy (non-hydrogen) atoms. The Morgan fingerprint density at radius 1 is 1.43 bits per heavy atom. The maximum Gasteiger partial charge on any atom is 0.308 e. The monoisotopic (exact) mass is 209 g/mol. The number of H-pyrrole nitrogens is 1. The fourth-order valence-electron chi connectivity index (χ4n) is 1.31. The van der Waals surface area contributed by atoms with Gasteiger partial charge in [-0.3, -0.25) is 4.79 Å². The summed E-state index contributed by atoms with van der Waals surface area (Å²) >= 11 is 6.03. The van der Waals surface area contributed by atoms with E-state index in [-0.39, 0.29) is 5.97 Å². The lowest BCUT2D eigenvalue weighted by Gasteiger charge is -2.03. The molecule has 0 aliphatic carbocycles. The van der Waals surface area contributed by atoms with Gasteiger partial charge < -0.3 is 9.72 Å². The first-order valence-electron chi connectivity index (χ1n) is 4.12. The first-order valence-corrected chi connectivity index (χ1v) is 4.50. The number of hydrogen-bond donors (Lipinski definition) is 1. The van der Waals surface area contributed by atoms with Crippen molar-refractivity contribution in [3.63, 3.8) is 0 Å². The zero-order chi connectivity index (χ0) is 10.1. The van der Waals surface area contributed by atoms with Gasteiger partial charge in [-0.2, -0.15) is 0 Å². The smallest absolute Gasteiger partial charge is 0.308 e. The van der Waals surface area contributed by atoms with Gasteiger partial charge >= 0.3 is 5.97 Å². The van der Waals surface area contributed by atoms with Crippen molar-refractivity contribution >= 4 is 28.5 Å². The topological polar surface area (TPSA) is 42.1 Å². The van der Waals surface area contributed by atoms with Crippen LogP contribution in [-0.4, -0.2) is 11.0 Å². The second-order valence-electron chi connectivity index (χ2n) is 2.91. The van der Waals surface area contributed by atoms with Crippen molar-refractivity contribution in [2.45, 2.75) is 6.92 Å². The summed E-state index contributed by atoms with van der Waals surface area (Å²) in [5.74, 6) is 0.0213. The second-order valence-corrected chi connectivity index (χ2v) is 3.29. The third-order valence-electron chi connectivity index (χ3n) is 1.89. The van der Waals surface area contributed by atoms with Crippen molar-refractivity contribution in [3.05, 3.63) is 29.4 Å². The Hall–Kier alpha value is -1.48. The van der Waals surface area contributed by atoms with E-state index in [1.54, 1.807) is 12.3 Å². The Morgan fingerprint density at radius 3 is 2.93 bits per heavy atom. The molecular weight excluding hydrogens is 202 g/mol. The third kappa shape index (κ3) is 1.46. The average molecular weight is 210 g/mol. The number of rotatable bonds is 1. The second kappa shape index (κ2) is 3.35. The molecule has 1 aromatic heterocycles. The molecule has 1 N–H and O–H groups in total. The molecule has 0 aliphatic heterocycles. The summed E-state index contributed by atoms with van der Waals surface area (Å²) in [5, 5.41) is 1.31. The minimum atomic E-state index is -0.373. The zero-order valence-electron chi connectivity index (χ0n) is 7.50. The molecule has 0 bridgehead atoms. The van der Waals surface area contributed by atoms with Crippen LogP contribution in [-0.2, 0) is 4.79 Å². The number of esters is 1. The van der Waals surface area contributed by atoms with Crippen molar-refractivity contribution in [2.24, 2.45) is 0 Å². The van der Waals surface area contributed by atoms with Crippen LogP contribution in [0.25, 0.3) is 10.9 Å². The predicted molar refractivity (Wildman–Crippen MR) is 54.6 cm³/mol. The normalized spacial score (nSPS) is 10.4. The molecule has 0 aliphatic rings. The average Bonchev–Trinajstić information content (AvgIpc) is 2.57. The molecule has 3 nitrogen and oxygen atoms in total. The molecule has 2 rings (SSSR count). The molecule has 0 saturated heterocycles. The van der Waals surface area contributed by atoms with E-state index < -0.39 is 0 Å². The van der Waals surface area contributed by atoms with E-state index >= 15 is 0 Å². The van der Waals surface area contributed by atoms with Crippen molar-refractivity contribution in [1.29, 1.82) is 0 Å². The third-order valence-corrected chi connectivity index (χ3v) is 2.28. The van der Waals surface area contributed by atoms with Gasteiger partial charge in [0.1, 0.15) is 5.75 Å². The molecule has 72 valence electrons.